The van der Waals surface area contributed by atoms with Gasteiger partial charge in [0, 0.05) is 42.7 Å². The molecule has 2 N–H and O–H groups in total. The summed E-state index contributed by atoms with van der Waals surface area (Å²) in [6, 6.07) is 16.5. The van der Waals surface area contributed by atoms with E-state index in [2.05, 4.69) is 10.6 Å². The molecule has 4 rings (SSSR count). The number of halogens is 1. The van der Waals surface area contributed by atoms with Gasteiger partial charge in [-0.2, -0.15) is 0 Å². The molecule has 3 aromatic rings. The molecule has 4 bridgehead atoms. The predicted octanol–water partition coefficient (Wildman–Crippen LogP) is 3.47. The Morgan fingerprint density at radius 2 is 1.92 bits per heavy atom. The summed E-state index contributed by atoms with van der Waals surface area (Å²) < 4.78 is 5.80. The molecule has 3 aromatic carbocycles. The Balaban J connectivity index is 1.64. The minimum atomic E-state index is -0.950. The SMILES string of the molecule is CN1CC(=O)NC(C(=O)NCc2ccc(Cl)cc2)Cc2cccc(c2)Oc2cc(ccc2[N+](=O)[O-])C1=O. The maximum absolute atomic E-state index is 13.1. The highest BCUT2D eigenvalue weighted by Gasteiger charge is 2.26. The predicted molar refractivity (Wildman–Crippen MR) is 136 cm³/mol. The molecular weight excluding hydrogens is 500 g/mol. The third-order valence-electron chi connectivity index (χ3n) is 5.73. The summed E-state index contributed by atoms with van der Waals surface area (Å²) in [5, 5.41) is 17.6. The Kier molecular flexibility index (Phi) is 7.69. The first-order valence-corrected chi connectivity index (χ1v) is 11.7. The molecule has 1 atom stereocenters. The minimum Gasteiger partial charge on any atom is -0.450 e. The van der Waals surface area contributed by atoms with Crippen LogP contribution in [0.15, 0.2) is 66.7 Å². The largest absolute Gasteiger partial charge is 0.450 e. The lowest BCUT2D eigenvalue weighted by atomic mass is 10.0. The molecule has 0 saturated carbocycles. The first kappa shape index (κ1) is 25.6. The van der Waals surface area contributed by atoms with Crippen molar-refractivity contribution in [1.29, 1.82) is 0 Å². The summed E-state index contributed by atoms with van der Waals surface area (Å²) >= 11 is 5.91. The van der Waals surface area contributed by atoms with Crippen LogP contribution < -0.4 is 15.4 Å². The smallest absolute Gasteiger partial charge is 0.311 e. The number of carbonyl (C=O) groups excluding carboxylic acids is 3. The van der Waals surface area contributed by atoms with Crippen molar-refractivity contribution in [3.63, 3.8) is 0 Å². The average Bonchev–Trinajstić information content (AvgIpc) is 2.86. The average molecular weight is 523 g/mol. The quantitative estimate of drug-likeness (QED) is 0.398. The number of nitrogens with one attached hydrogen (secondary N) is 2. The molecule has 0 spiro atoms. The highest BCUT2D eigenvalue weighted by Crippen LogP contribution is 2.33. The number of hydrogen-bond donors (Lipinski definition) is 2. The van der Waals surface area contributed by atoms with Crippen LogP contribution in [0.5, 0.6) is 11.5 Å². The van der Waals surface area contributed by atoms with E-state index in [9.17, 15) is 24.5 Å². The van der Waals surface area contributed by atoms with E-state index in [0.29, 0.717) is 10.6 Å². The first-order valence-electron chi connectivity index (χ1n) is 11.3. The van der Waals surface area contributed by atoms with Gasteiger partial charge in [0.1, 0.15) is 11.8 Å². The van der Waals surface area contributed by atoms with Gasteiger partial charge >= 0.3 is 5.69 Å². The van der Waals surface area contributed by atoms with Gasteiger partial charge in [-0.15, -0.1) is 0 Å². The van der Waals surface area contributed by atoms with Gasteiger partial charge in [0.25, 0.3) is 5.91 Å². The number of ether oxygens (including phenoxy) is 1. The number of nitrogens with zero attached hydrogens (tertiary/aromatic N) is 2. The standard InChI is InChI=1S/C26H23ClN4O6/c1-30-15-24(32)29-21(25(33)28-14-16-5-8-19(27)9-6-16)12-17-3-2-4-20(11-17)37-23-13-18(26(30)34)7-10-22(23)31(35)36/h2-11,13,21H,12,14-15H2,1H3,(H,28,33)(H,29,32). The number of carbonyl (C=O) groups is 3. The maximum atomic E-state index is 13.1. The molecule has 0 aliphatic carbocycles. The normalized spacial score (nSPS) is 15.7. The van der Waals surface area contributed by atoms with Crippen molar-refractivity contribution < 1.29 is 24.0 Å². The molecule has 1 aliphatic heterocycles. The van der Waals surface area contributed by atoms with Crippen LogP contribution in [0.2, 0.25) is 5.02 Å². The molecule has 0 radical (unpaired) electrons. The van der Waals surface area contributed by atoms with E-state index in [1.165, 1.54) is 25.2 Å². The van der Waals surface area contributed by atoms with Gasteiger partial charge in [-0.05, 0) is 41.5 Å². The maximum Gasteiger partial charge on any atom is 0.311 e. The Bertz CT molecular complexity index is 1360. The first-order chi connectivity index (χ1) is 17.7. The summed E-state index contributed by atoms with van der Waals surface area (Å²) in [5.74, 6) is -1.32. The van der Waals surface area contributed by atoms with Crippen LogP contribution >= 0.6 is 11.6 Å². The highest BCUT2D eigenvalue weighted by atomic mass is 35.5. The molecule has 1 unspecified atom stereocenters. The summed E-state index contributed by atoms with van der Waals surface area (Å²) in [4.78, 5) is 50.9. The van der Waals surface area contributed by atoms with Crippen LogP contribution in [0.25, 0.3) is 0 Å². The highest BCUT2D eigenvalue weighted by molar-refractivity contribution is 6.30. The van der Waals surface area contributed by atoms with Gasteiger partial charge < -0.3 is 20.3 Å². The number of hydrogen-bond acceptors (Lipinski definition) is 6. The summed E-state index contributed by atoms with van der Waals surface area (Å²) in [6.45, 7) is -0.102. The zero-order chi connectivity index (χ0) is 26.5. The van der Waals surface area contributed by atoms with Crippen LogP contribution in [-0.2, 0) is 22.6 Å². The molecule has 1 heterocycles. The Morgan fingerprint density at radius 3 is 2.65 bits per heavy atom. The van der Waals surface area contributed by atoms with E-state index in [1.54, 1.807) is 48.5 Å². The number of amides is 3. The van der Waals surface area contributed by atoms with Gasteiger partial charge in [0.15, 0.2) is 0 Å². The van der Waals surface area contributed by atoms with Crippen LogP contribution in [0.3, 0.4) is 0 Å². The zero-order valence-electron chi connectivity index (χ0n) is 19.8. The molecule has 0 fully saturated rings. The number of likely N-dealkylation sites (N-methyl/N-ethyl adjacent to an activating group) is 1. The van der Waals surface area contributed by atoms with Gasteiger partial charge in [0.05, 0.1) is 11.5 Å². The van der Waals surface area contributed by atoms with Gasteiger partial charge in [-0.25, -0.2) is 0 Å². The lowest BCUT2D eigenvalue weighted by molar-refractivity contribution is -0.385. The van der Waals surface area contributed by atoms with E-state index >= 15 is 0 Å². The van der Waals surface area contributed by atoms with E-state index < -0.39 is 28.7 Å². The second kappa shape index (κ2) is 11.1. The van der Waals surface area contributed by atoms with Gasteiger partial charge in [-0.1, -0.05) is 35.9 Å². The second-order valence-electron chi connectivity index (χ2n) is 8.52. The fourth-order valence-electron chi connectivity index (χ4n) is 3.85. The van der Waals surface area contributed by atoms with Crippen molar-refractivity contribution in [2.75, 3.05) is 13.6 Å². The van der Waals surface area contributed by atoms with E-state index in [0.717, 1.165) is 10.5 Å². The van der Waals surface area contributed by atoms with Crippen molar-refractivity contribution in [3.05, 3.63) is 98.6 Å². The number of fused-ring (bicyclic) bond motifs is 4. The summed E-state index contributed by atoms with van der Waals surface area (Å²) in [5.41, 5.74) is 1.29. The van der Waals surface area contributed by atoms with Crippen LogP contribution in [-0.4, -0.2) is 47.2 Å². The fourth-order valence-corrected chi connectivity index (χ4v) is 3.98. The second-order valence-corrected chi connectivity index (χ2v) is 8.96. The van der Waals surface area contributed by atoms with Crippen molar-refractivity contribution in [3.8, 4) is 11.5 Å². The zero-order valence-corrected chi connectivity index (χ0v) is 20.5. The van der Waals surface area contributed by atoms with Crippen LogP contribution in [0.4, 0.5) is 5.69 Å². The number of benzene rings is 3. The number of nitro benzene ring substituents is 1. The molecule has 1 aliphatic rings. The fraction of sp³-hybridized carbons (Fsp3) is 0.192. The molecule has 0 aromatic heterocycles. The molecular formula is C26H23ClN4O6. The van der Waals surface area contributed by atoms with E-state index in [4.69, 9.17) is 16.3 Å². The number of nitro groups is 1. The minimum absolute atomic E-state index is 0.111. The Hall–Kier alpha value is -4.44. The van der Waals surface area contributed by atoms with Crippen molar-refractivity contribution in [1.82, 2.24) is 15.5 Å². The van der Waals surface area contributed by atoms with Crippen molar-refractivity contribution in [2.45, 2.75) is 19.0 Å². The van der Waals surface area contributed by atoms with E-state index in [-0.39, 0.29) is 42.3 Å². The monoisotopic (exact) mass is 522 g/mol. The molecule has 37 heavy (non-hydrogen) atoms. The molecule has 10 nitrogen and oxygen atoms in total. The van der Waals surface area contributed by atoms with Crippen LogP contribution in [0.1, 0.15) is 21.5 Å². The lowest BCUT2D eigenvalue weighted by Crippen LogP contribution is -2.50. The van der Waals surface area contributed by atoms with Crippen molar-refractivity contribution in [2.24, 2.45) is 0 Å². The topological polar surface area (TPSA) is 131 Å². The molecule has 11 heteroatoms. The van der Waals surface area contributed by atoms with Gasteiger partial charge in [-0.3, -0.25) is 24.5 Å². The molecule has 190 valence electrons. The lowest BCUT2D eigenvalue weighted by Gasteiger charge is -2.22. The van der Waals surface area contributed by atoms with Gasteiger partial charge in [0.2, 0.25) is 17.6 Å². The number of rotatable bonds is 4. The van der Waals surface area contributed by atoms with Crippen molar-refractivity contribution >= 4 is 35.0 Å². The third-order valence-corrected chi connectivity index (χ3v) is 5.98. The third kappa shape index (κ3) is 6.42. The Morgan fingerprint density at radius 1 is 1.16 bits per heavy atom. The van der Waals surface area contributed by atoms with Crippen LogP contribution in [0, 0.1) is 10.1 Å². The molecule has 3 amide bonds. The summed E-state index contributed by atoms with van der Waals surface area (Å²) in [6.07, 6.45) is 0.120. The molecule has 0 saturated heterocycles. The Labute approximate surface area is 217 Å². The van der Waals surface area contributed by atoms with E-state index in [1.807, 2.05) is 0 Å². The summed E-state index contributed by atoms with van der Waals surface area (Å²) in [7, 11) is 1.42.